The van der Waals surface area contributed by atoms with Gasteiger partial charge in [-0.3, -0.25) is 9.59 Å². The molecule has 1 amide bonds. The van der Waals surface area contributed by atoms with Gasteiger partial charge in [-0.05, 0) is 40.8 Å². The first kappa shape index (κ1) is 26.1. The van der Waals surface area contributed by atoms with Crippen LogP contribution in [0.25, 0.3) is 32.7 Å². The zero-order valence-electron chi connectivity index (χ0n) is 22.6. The Hall–Kier alpha value is -4.14. The van der Waals surface area contributed by atoms with Gasteiger partial charge < -0.3 is 24.8 Å². The highest BCUT2D eigenvalue weighted by atomic mass is 79.9. The zero-order chi connectivity index (χ0) is 28.0. The van der Waals surface area contributed by atoms with Crippen molar-refractivity contribution in [1.82, 2.24) is 15.0 Å². The SMILES string of the molecule is C[N+](C)(C)CC(c1c[nH]c2cc(Br)ccc12)c1c(=O)c(NC(=O)Cc2ccccc2)c2[nH]ccc3[nH]ccc1c32. The minimum Gasteiger partial charge on any atom is -0.361 e. The van der Waals surface area contributed by atoms with Crippen LogP contribution >= 0.6 is 15.9 Å². The van der Waals surface area contributed by atoms with Crippen molar-refractivity contribution in [3.8, 4) is 0 Å². The van der Waals surface area contributed by atoms with Gasteiger partial charge in [0.25, 0.3) is 0 Å². The van der Waals surface area contributed by atoms with Crippen LogP contribution in [0.3, 0.4) is 0 Å². The van der Waals surface area contributed by atoms with E-state index in [0.717, 1.165) is 42.8 Å². The molecule has 0 saturated carbocycles. The summed E-state index contributed by atoms with van der Waals surface area (Å²) in [6.45, 7) is 0.682. The lowest BCUT2D eigenvalue weighted by Crippen LogP contribution is -2.40. The molecule has 40 heavy (non-hydrogen) atoms. The molecule has 0 fully saturated rings. The maximum Gasteiger partial charge on any atom is 0.228 e. The van der Waals surface area contributed by atoms with Gasteiger partial charge >= 0.3 is 0 Å². The van der Waals surface area contributed by atoms with Gasteiger partial charge in [-0.2, -0.15) is 0 Å². The topological polar surface area (TPSA) is 93.5 Å². The van der Waals surface area contributed by atoms with Crippen molar-refractivity contribution in [2.24, 2.45) is 0 Å². The fourth-order valence-electron chi connectivity index (χ4n) is 5.72. The number of likely N-dealkylation sites (N-methyl/N-ethyl adjacent to an activating group) is 1. The summed E-state index contributed by atoms with van der Waals surface area (Å²) in [4.78, 5) is 37.9. The van der Waals surface area contributed by atoms with Crippen LogP contribution in [0.2, 0.25) is 0 Å². The second-order valence-electron chi connectivity index (χ2n) is 11.3. The Morgan fingerprint density at radius 3 is 2.48 bits per heavy atom. The first-order chi connectivity index (χ1) is 19.2. The van der Waals surface area contributed by atoms with Crippen molar-refractivity contribution < 1.29 is 9.28 Å². The van der Waals surface area contributed by atoms with Gasteiger partial charge in [0.2, 0.25) is 11.3 Å². The number of hydrogen-bond acceptors (Lipinski definition) is 2. The van der Waals surface area contributed by atoms with Crippen LogP contribution < -0.4 is 10.7 Å². The summed E-state index contributed by atoms with van der Waals surface area (Å²) in [6, 6.07) is 19.6. The maximum atomic E-state index is 14.6. The number of halogens is 1. The van der Waals surface area contributed by atoms with Gasteiger partial charge in [0, 0.05) is 50.4 Å². The van der Waals surface area contributed by atoms with Crippen molar-refractivity contribution in [2.45, 2.75) is 12.3 Å². The van der Waals surface area contributed by atoms with Crippen LogP contribution in [-0.4, -0.2) is 53.0 Å². The zero-order valence-corrected chi connectivity index (χ0v) is 24.2. The number of quaternary nitrogens is 1. The number of rotatable bonds is 7. The molecule has 3 aromatic carbocycles. The minimum absolute atomic E-state index is 0.172. The summed E-state index contributed by atoms with van der Waals surface area (Å²) in [5, 5.41) is 5.83. The Morgan fingerprint density at radius 2 is 1.70 bits per heavy atom. The number of benzene rings is 3. The molecule has 4 N–H and O–H groups in total. The molecule has 3 aromatic heterocycles. The molecule has 3 heterocycles. The first-order valence-electron chi connectivity index (χ1n) is 13.2. The number of fused-ring (bicyclic) bond motifs is 1. The van der Waals surface area contributed by atoms with Crippen LogP contribution in [0.5, 0.6) is 0 Å². The standard InChI is InChI=1S/C32H30BrN5O2/c1-38(2,3)18-24(23-17-36-26-16-20(33)9-10-21(23)26)28-22-11-13-34-25-12-14-35-30(29(22)25)31(32(28)40)37-27(39)15-19-7-5-4-6-8-19/h4-14,16-17,24,36H,15,18H2,1-3H3,(H2-,34,35,37,39,40)/p+1. The van der Waals surface area contributed by atoms with Crippen molar-refractivity contribution in [1.29, 1.82) is 0 Å². The third kappa shape index (κ3) is 4.85. The van der Waals surface area contributed by atoms with E-state index in [1.54, 1.807) is 6.20 Å². The van der Waals surface area contributed by atoms with Gasteiger partial charge in [0.05, 0.1) is 45.5 Å². The fraction of sp³-hybridized carbons (Fsp3) is 0.188. The monoisotopic (exact) mass is 596 g/mol. The lowest BCUT2D eigenvalue weighted by Gasteiger charge is -2.30. The molecule has 0 radical (unpaired) electrons. The molecular formula is C32H31BrN5O2+. The van der Waals surface area contributed by atoms with Crippen molar-refractivity contribution >= 4 is 60.2 Å². The van der Waals surface area contributed by atoms with E-state index in [0.29, 0.717) is 22.1 Å². The molecule has 0 spiro atoms. The average Bonchev–Trinajstić information content (AvgIpc) is 3.33. The van der Waals surface area contributed by atoms with Crippen LogP contribution in [0.4, 0.5) is 5.69 Å². The third-order valence-electron chi connectivity index (χ3n) is 7.37. The van der Waals surface area contributed by atoms with Gasteiger partial charge in [-0.1, -0.05) is 52.3 Å². The summed E-state index contributed by atoms with van der Waals surface area (Å²) in [6.07, 6.45) is 5.87. The molecule has 0 aliphatic carbocycles. The lowest BCUT2D eigenvalue weighted by molar-refractivity contribution is -0.871. The van der Waals surface area contributed by atoms with Gasteiger partial charge in [0.15, 0.2) is 0 Å². The Kier molecular flexibility index (Phi) is 6.60. The molecule has 0 aliphatic heterocycles. The lowest BCUT2D eigenvalue weighted by atomic mass is 9.85. The van der Waals surface area contributed by atoms with E-state index in [1.807, 2.05) is 60.9 Å². The van der Waals surface area contributed by atoms with E-state index in [1.165, 1.54) is 0 Å². The van der Waals surface area contributed by atoms with E-state index in [9.17, 15) is 9.59 Å². The highest BCUT2D eigenvalue weighted by Crippen LogP contribution is 2.38. The third-order valence-corrected chi connectivity index (χ3v) is 7.86. The van der Waals surface area contributed by atoms with E-state index >= 15 is 0 Å². The summed E-state index contributed by atoms with van der Waals surface area (Å²) < 4.78 is 1.63. The Morgan fingerprint density at radius 1 is 0.925 bits per heavy atom. The number of anilines is 1. The van der Waals surface area contributed by atoms with Gasteiger partial charge in [0.1, 0.15) is 5.69 Å². The predicted molar refractivity (Wildman–Crippen MR) is 166 cm³/mol. The van der Waals surface area contributed by atoms with Gasteiger partial charge in [-0.25, -0.2) is 0 Å². The molecule has 1 atom stereocenters. The van der Waals surface area contributed by atoms with Crippen LogP contribution in [0.15, 0.2) is 88.5 Å². The fourth-order valence-corrected chi connectivity index (χ4v) is 6.08. The Balaban J connectivity index is 1.60. The molecule has 8 heteroatoms. The molecule has 6 aromatic rings. The Bertz CT molecular complexity index is 1920. The number of hydrogen-bond donors (Lipinski definition) is 4. The summed E-state index contributed by atoms with van der Waals surface area (Å²) >= 11 is 3.57. The number of carbonyl (C=O) groups is 1. The number of nitrogens with zero attached hydrogens (tertiary/aromatic N) is 1. The molecule has 0 aliphatic rings. The Labute approximate surface area is 239 Å². The molecule has 0 saturated heterocycles. The summed E-state index contributed by atoms with van der Waals surface area (Å²) in [7, 11) is 6.40. The molecule has 6 rings (SSSR count). The van der Waals surface area contributed by atoms with Crippen molar-refractivity contribution in [3.05, 3.63) is 111 Å². The van der Waals surface area contributed by atoms with Gasteiger partial charge in [-0.15, -0.1) is 0 Å². The van der Waals surface area contributed by atoms with Crippen molar-refractivity contribution in [2.75, 3.05) is 33.0 Å². The predicted octanol–water partition coefficient (Wildman–Crippen LogP) is 6.27. The van der Waals surface area contributed by atoms with E-state index in [4.69, 9.17) is 0 Å². The largest absolute Gasteiger partial charge is 0.361 e. The number of carbonyl (C=O) groups excluding carboxylic acids is 1. The molecule has 7 nitrogen and oxygen atoms in total. The summed E-state index contributed by atoms with van der Waals surface area (Å²) in [5.74, 6) is -0.467. The smallest absolute Gasteiger partial charge is 0.228 e. The maximum absolute atomic E-state index is 14.6. The number of nitrogens with one attached hydrogen (secondary N) is 4. The van der Waals surface area contributed by atoms with Crippen LogP contribution in [0, 0.1) is 0 Å². The van der Waals surface area contributed by atoms with E-state index in [2.05, 4.69) is 69.5 Å². The molecular weight excluding hydrogens is 566 g/mol. The van der Waals surface area contributed by atoms with Crippen molar-refractivity contribution in [3.63, 3.8) is 0 Å². The van der Waals surface area contributed by atoms with Crippen LogP contribution in [-0.2, 0) is 11.2 Å². The average molecular weight is 598 g/mol. The normalized spacial score (nSPS) is 12.8. The second kappa shape index (κ2) is 10.1. The number of aromatic amines is 3. The summed E-state index contributed by atoms with van der Waals surface area (Å²) in [5.41, 5.74) is 5.23. The van der Waals surface area contributed by atoms with E-state index in [-0.39, 0.29) is 29.4 Å². The quantitative estimate of drug-likeness (QED) is 0.163. The minimum atomic E-state index is -0.234. The number of H-pyrrole nitrogens is 3. The molecule has 202 valence electrons. The first-order valence-corrected chi connectivity index (χ1v) is 14.0. The highest BCUT2D eigenvalue weighted by Gasteiger charge is 2.31. The number of pyridine rings is 2. The second-order valence-corrected chi connectivity index (χ2v) is 12.2. The van der Waals surface area contributed by atoms with E-state index < -0.39 is 0 Å². The number of amides is 1. The highest BCUT2D eigenvalue weighted by molar-refractivity contribution is 9.10. The number of aromatic nitrogens is 3. The molecule has 1 unspecified atom stereocenters. The van der Waals surface area contributed by atoms with Crippen LogP contribution in [0.1, 0.15) is 22.6 Å². The molecule has 0 bridgehead atoms.